The fourth-order valence-electron chi connectivity index (χ4n) is 3.08. The molecule has 2 aliphatic rings. The highest BCUT2D eigenvalue weighted by atomic mass is 35.5. The van der Waals surface area contributed by atoms with Gasteiger partial charge >= 0.3 is 0 Å². The minimum absolute atomic E-state index is 0. The molecule has 2 unspecified atom stereocenters. The predicted octanol–water partition coefficient (Wildman–Crippen LogP) is 3.38. The van der Waals surface area contributed by atoms with E-state index in [0.29, 0.717) is 12.0 Å². The Hall–Kier alpha value is -1.22. The Balaban J connectivity index is 0.00000147. The van der Waals surface area contributed by atoms with E-state index in [-0.39, 0.29) is 18.3 Å². The first kappa shape index (κ1) is 15.2. The zero-order valence-corrected chi connectivity index (χ0v) is 12.8. The van der Waals surface area contributed by atoms with Crippen LogP contribution >= 0.6 is 12.4 Å². The normalized spacial score (nSPS) is 23.1. The van der Waals surface area contributed by atoms with Gasteiger partial charge in [-0.15, -0.1) is 12.4 Å². The third-order valence-corrected chi connectivity index (χ3v) is 4.24. The van der Waals surface area contributed by atoms with E-state index in [0.717, 1.165) is 37.1 Å². The van der Waals surface area contributed by atoms with Crippen molar-refractivity contribution in [2.75, 3.05) is 11.9 Å². The van der Waals surface area contributed by atoms with Crippen LogP contribution in [0.2, 0.25) is 0 Å². The van der Waals surface area contributed by atoms with Crippen molar-refractivity contribution in [3.05, 3.63) is 29.3 Å². The molecule has 1 saturated carbocycles. The van der Waals surface area contributed by atoms with Crippen molar-refractivity contribution < 1.29 is 4.79 Å². The average molecular weight is 295 g/mol. The Bertz CT molecular complexity index is 489. The second kappa shape index (κ2) is 6.49. The van der Waals surface area contributed by atoms with Gasteiger partial charge in [-0.25, -0.2) is 0 Å². The smallest absolute Gasteiger partial charge is 0.251 e. The minimum Gasteiger partial charge on any atom is -0.385 e. The van der Waals surface area contributed by atoms with Crippen LogP contribution in [0.4, 0.5) is 5.69 Å². The lowest BCUT2D eigenvalue weighted by Gasteiger charge is -2.20. The summed E-state index contributed by atoms with van der Waals surface area (Å²) in [7, 11) is 0. The quantitative estimate of drug-likeness (QED) is 0.894. The van der Waals surface area contributed by atoms with Crippen molar-refractivity contribution in [1.29, 1.82) is 0 Å². The predicted molar refractivity (Wildman–Crippen MR) is 84.8 cm³/mol. The van der Waals surface area contributed by atoms with Gasteiger partial charge in [0.05, 0.1) is 0 Å². The number of amides is 1. The lowest BCUT2D eigenvalue weighted by Crippen LogP contribution is -2.28. The van der Waals surface area contributed by atoms with Gasteiger partial charge in [0.2, 0.25) is 0 Å². The monoisotopic (exact) mass is 294 g/mol. The van der Waals surface area contributed by atoms with Gasteiger partial charge in [-0.1, -0.05) is 19.4 Å². The molecule has 20 heavy (non-hydrogen) atoms. The molecule has 1 fully saturated rings. The maximum Gasteiger partial charge on any atom is 0.251 e. The Morgan fingerprint density at radius 1 is 1.45 bits per heavy atom. The first-order chi connectivity index (χ1) is 9.29. The van der Waals surface area contributed by atoms with Crippen LogP contribution in [0.15, 0.2) is 18.2 Å². The molecule has 2 atom stereocenters. The summed E-state index contributed by atoms with van der Waals surface area (Å²) in [5, 5.41) is 6.56. The van der Waals surface area contributed by atoms with E-state index >= 15 is 0 Å². The maximum absolute atomic E-state index is 12.4. The molecule has 1 heterocycles. The molecular weight excluding hydrogens is 272 g/mol. The van der Waals surface area contributed by atoms with Crippen LogP contribution in [0.5, 0.6) is 0 Å². The van der Waals surface area contributed by atoms with E-state index in [1.54, 1.807) is 0 Å². The molecule has 3 rings (SSSR count). The summed E-state index contributed by atoms with van der Waals surface area (Å²) < 4.78 is 0. The summed E-state index contributed by atoms with van der Waals surface area (Å²) in [6, 6.07) is 6.42. The van der Waals surface area contributed by atoms with Crippen molar-refractivity contribution in [3.63, 3.8) is 0 Å². The van der Waals surface area contributed by atoms with E-state index in [4.69, 9.17) is 0 Å². The summed E-state index contributed by atoms with van der Waals surface area (Å²) in [6.07, 6.45) is 5.72. The highest BCUT2D eigenvalue weighted by Crippen LogP contribution is 2.35. The van der Waals surface area contributed by atoms with Gasteiger partial charge < -0.3 is 10.6 Å². The fraction of sp³-hybridized carbons (Fsp3) is 0.562. The highest BCUT2D eigenvalue weighted by Gasteiger charge is 2.37. The molecule has 0 aromatic heterocycles. The Kier molecular flexibility index (Phi) is 4.92. The van der Waals surface area contributed by atoms with Crippen LogP contribution < -0.4 is 10.6 Å². The van der Waals surface area contributed by atoms with Crippen LogP contribution in [0.25, 0.3) is 0 Å². The number of hydrogen-bond acceptors (Lipinski definition) is 2. The number of rotatable bonds is 4. The van der Waals surface area contributed by atoms with Gasteiger partial charge in [-0.05, 0) is 49.3 Å². The number of carbonyl (C=O) groups excluding carboxylic acids is 1. The SMILES string of the molecule is CCCC1CC1NC(=O)c1cccc2c1CCCN2.Cl. The first-order valence-corrected chi connectivity index (χ1v) is 7.46. The van der Waals surface area contributed by atoms with Crippen LogP contribution in [0, 0.1) is 5.92 Å². The van der Waals surface area contributed by atoms with Crippen molar-refractivity contribution >= 4 is 24.0 Å². The lowest BCUT2D eigenvalue weighted by molar-refractivity contribution is 0.0948. The molecule has 0 radical (unpaired) electrons. The third kappa shape index (κ3) is 3.09. The Labute approximate surface area is 126 Å². The van der Waals surface area contributed by atoms with Gasteiger partial charge in [0.1, 0.15) is 0 Å². The number of benzene rings is 1. The molecule has 1 aliphatic heterocycles. The zero-order valence-electron chi connectivity index (χ0n) is 11.9. The lowest BCUT2D eigenvalue weighted by atomic mass is 9.97. The van der Waals surface area contributed by atoms with Crippen LogP contribution in [0.3, 0.4) is 0 Å². The first-order valence-electron chi connectivity index (χ1n) is 7.46. The highest BCUT2D eigenvalue weighted by molar-refractivity contribution is 5.97. The molecular formula is C16H23ClN2O. The standard InChI is InChI=1S/C16H22N2O.ClH/c1-2-5-11-10-15(11)18-16(19)13-6-3-8-14-12(13)7-4-9-17-14;/h3,6,8,11,15,17H,2,4-5,7,9-10H2,1H3,(H,18,19);1H. The molecule has 0 bridgehead atoms. The van der Waals surface area contributed by atoms with Crippen LogP contribution in [-0.2, 0) is 6.42 Å². The fourth-order valence-corrected chi connectivity index (χ4v) is 3.08. The number of hydrogen-bond donors (Lipinski definition) is 2. The third-order valence-electron chi connectivity index (χ3n) is 4.24. The molecule has 2 N–H and O–H groups in total. The topological polar surface area (TPSA) is 41.1 Å². The molecule has 1 amide bonds. The number of fused-ring (bicyclic) bond motifs is 1. The Morgan fingerprint density at radius 3 is 3.10 bits per heavy atom. The molecule has 1 aliphatic carbocycles. The van der Waals surface area contributed by atoms with Gasteiger partial charge in [-0.2, -0.15) is 0 Å². The van der Waals surface area contributed by atoms with Crippen molar-refractivity contribution in [2.24, 2.45) is 5.92 Å². The zero-order chi connectivity index (χ0) is 13.2. The molecule has 3 nitrogen and oxygen atoms in total. The van der Waals surface area contributed by atoms with Crippen molar-refractivity contribution in [2.45, 2.75) is 45.1 Å². The maximum atomic E-state index is 12.4. The van der Waals surface area contributed by atoms with E-state index in [9.17, 15) is 4.79 Å². The summed E-state index contributed by atoms with van der Waals surface area (Å²) in [5.74, 6) is 0.829. The molecule has 110 valence electrons. The molecule has 0 spiro atoms. The summed E-state index contributed by atoms with van der Waals surface area (Å²) in [5.41, 5.74) is 3.20. The molecule has 4 heteroatoms. The van der Waals surface area contributed by atoms with E-state index in [2.05, 4.69) is 23.6 Å². The molecule has 0 saturated heterocycles. The summed E-state index contributed by atoms with van der Waals surface area (Å²) in [4.78, 5) is 12.4. The second-order valence-corrected chi connectivity index (χ2v) is 5.73. The van der Waals surface area contributed by atoms with Crippen molar-refractivity contribution in [3.8, 4) is 0 Å². The second-order valence-electron chi connectivity index (χ2n) is 5.73. The van der Waals surface area contributed by atoms with Gasteiger partial charge in [-0.3, -0.25) is 4.79 Å². The number of anilines is 1. The number of nitrogens with one attached hydrogen (secondary N) is 2. The summed E-state index contributed by atoms with van der Waals surface area (Å²) in [6.45, 7) is 3.22. The number of carbonyl (C=O) groups is 1. The van der Waals surface area contributed by atoms with Crippen molar-refractivity contribution in [1.82, 2.24) is 5.32 Å². The van der Waals surface area contributed by atoms with Crippen LogP contribution in [-0.4, -0.2) is 18.5 Å². The van der Waals surface area contributed by atoms with E-state index in [1.807, 2.05) is 12.1 Å². The Morgan fingerprint density at radius 2 is 2.30 bits per heavy atom. The van der Waals surface area contributed by atoms with E-state index in [1.165, 1.54) is 18.4 Å². The molecule has 1 aromatic carbocycles. The molecule has 1 aromatic rings. The average Bonchev–Trinajstić information content (AvgIpc) is 3.16. The van der Waals surface area contributed by atoms with Gasteiger partial charge in [0.25, 0.3) is 5.91 Å². The summed E-state index contributed by atoms with van der Waals surface area (Å²) >= 11 is 0. The minimum atomic E-state index is 0. The largest absolute Gasteiger partial charge is 0.385 e. The van der Waals surface area contributed by atoms with E-state index < -0.39 is 0 Å². The van der Waals surface area contributed by atoms with Gasteiger partial charge in [0.15, 0.2) is 0 Å². The number of halogens is 1. The van der Waals surface area contributed by atoms with Crippen LogP contribution in [0.1, 0.15) is 48.5 Å². The van der Waals surface area contributed by atoms with Gasteiger partial charge in [0, 0.05) is 23.8 Å².